The number of carboxylic acid groups (broad SMARTS) is 1. The number of methoxy groups -OCH3 is 1. The summed E-state index contributed by atoms with van der Waals surface area (Å²) in [5, 5.41) is 23.2. The number of aromatic carboxylic acids is 1. The number of carbonyl (C=O) groups is 3. The van der Waals surface area contributed by atoms with Crippen molar-refractivity contribution in [2.24, 2.45) is 5.92 Å². The van der Waals surface area contributed by atoms with Crippen LogP contribution in [-0.2, 0) is 22.6 Å². The molecule has 2 heterocycles. The topological polar surface area (TPSA) is 119 Å². The summed E-state index contributed by atoms with van der Waals surface area (Å²) in [5.41, 5.74) is 2.50. The lowest BCUT2D eigenvalue weighted by Crippen LogP contribution is -2.75. The fourth-order valence-electron chi connectivity index (χ4n) is 6.74. The number of carboxylic acids is 1. The molecule has 2 atom stereocenters. The Morgan fingerprint density at radius 2 is 1.74 bits per heavy atom. The minimum Gasteiger partial charge on any atom is -0.496 e. The molecule has 0 saturated carbocycles. The Balaban J connectivity index is 1.21. The van der Waals surface area contributed by atoms with Crippen LogP contribution in [0.15, 0.2) is 54.6 Å². The van der Waals surface area contributed by atoms with Crippen LogP contribution >= 0.6 is 0 Å². The molecule has 0 unspecified atom stereocenters. The van der Waals surface area contributed by atoms with Crippen molar-refractivity contribution in [1.29, 1.82) is 0 Å². The van der Waals surface area contributed by atoms with Gasteiger partial charge in [-0.3, -0.25) is 14.5 Å². The molecule has 2 aliphatic heterocycles. The van der Waals surface area contributed by atoms with Crippen molar-refractivity contribution in [3.63, 3.8) is 0 Å². The van der Waals surface area contributed by atoms with E-state index < -0.39 is 23.7 Å². The second-order valence-corrected chi connectivity index (χ2v) is 12.1. The third-order valence-corrected chi connectivity index (χ3v) is 9.40. The maximum Gasteiger partial charge on any atom is 0.335 e. The summed E-state index contributed by atoms with van der Waals surface area (Å²) in [6, 6.07) is 12.4. The Labute approximate surface area is 253 Å². The summed E-state index contributed by atoms with van der Waals surface area (Å²) in [7, 11) is 1.54. The van der Waals surface area contributed by atoms with Crippen LogP contribution in [0.3, 0.4) is 0 Å². The maximum atomic E-state index is 13.8. The molecule has 43 heavy (non-hydrogen) atoms. The molecular formula is C34H43N3O6. The van der Waals surface area contributed by atoms with Crippen LogP contribution < -0.4 is 10.1 Å². The van der Waals surface area contributed by atoms with Gasteiger partial charge in [-0.05, 0) is 66.8 Å². The summed E-state index contributed by atoms with van der Waals surface area (Å²) in [4.78, 5) is 42.9. The lowest BCUT2D eigenvalue weighted by molar-refractivity contribution is -0.165. The summed E-state index contributed by atoms with van der Waals surface area (Å²) < 4.78 is 5.43. The number of amides is 2. The highest BCUT2D eigenvalue weighted by molar-refractivity contribution is 6.00. The van der Waals surface area contributed by atoms with Crippen molar-refractivity contribution >= 4 is 17.8 Å². The number of piperidine rings is 1. The second-order valence-electron chi connectivity index (χ2n) is 12.1. The van der Waals surface area contributed by atoms with E-state index in [2.05, 4.69) is 41.4 Å². The maximum absolute atomic E-state index is 13.8. The van der Waals surface area contributed by atoms with Crippen molar-refractivity contribution in [1.82, 2.24) is 15.1 Å². The molecule has 1 aliphatic carbocycles. The fraction of sp³-hybridized carbons (Fsp3) is 0.500. The van der Waals surface area contributed by atoms with Gasteiger partial charge in [0.25, 0.3) is 0 Å². The van der Waals surface area contributed by atoms with Gasteiger partial charge in [-0.1, -0.05) is 55.8 Å². The zero-order valence-electron chi connectivity index (χ0n) is 25.1. The van der Waals surface area contributed by atoms with Crippen LogP contribution in [0.25, 0.3) is 0 Å². The van der Waals surface area contributed by atoms with E-state index in [-0.39, 0.29) is 23.3 Å². The molecule has 0 bridgehead atoms. The highest BCUT2D eigenvalue weighted by atomic mass is 16.5. The number of hydrogen-bond donors (Lipinski definition) is 3. The van der Waals surface area contributed by atoms with E-state index in [0.29, 0.717) is 44.6 Å². The Bertz CT molecular complexity index is 1340. The van der Waals surface area contributed by atoms with Crippen LogP contribution in [-0.4, -0.2) is 82.2 Å². The number of ether oxygens (including phenoxy) is 1. The van der Waals surface area contributed by atoms with Gasteiger partial charge in [-0.15, -0.1) is 0 Å². The standard InChI is InChI=1S/C34H43N3O6/c1-3-4-17-37-31(39)29(30(38)25-7-5-6-8-25)35-33(42)34(37)15-18-36(19-16-34)22-24-11-9-23(10-12-24)20-26-13-14-27(32(40)41)21-28(26)43-2/h5-6,9-14,21,25,29-30,38H,3-4,7-8,15-20,22H2,1-2H3,(H,35,42)(H,40,41)/t29-,30-/m1/s1. The molecule has 2 amide bonds. The van der Waals surface area contributed by atoms with Crippen LogP contribution in [0, 0.1) is 5.92 Å². The molecule has 2 fully saturated rings. The van der Waals surface area contributed by atoms with Crippen molar-refractivity contribution in [2.45, 2.75) is 76.1 Å². The van der Waals surface area contributed by atoms with E-state index >= 15 is 0 Å². The van der Waals surface area contributed by atoms with Gasteiger partial charge < -0.3 is 25.2 Å². The predicted octanol–water partition coefficient (Wildman–Crippen LogP) is 3.77. The third-order valence-electron chi connectivity index (χ3n) is 9.40. The molecule has 1 spiro atoms. The molecule has 5 rings (SSSR count). The van der Waals surface area contributed by atoms with Crippen LogP contribution in [0.4, 0.5) is 0 Å². The number of unbranched alkanes of at least 4 members (excludes halogenated alkanes) is 1. The number of allylic oxidation sites excluding steroid dienone is 2. The minimum atomic E-state index is -0.984. The highest BCUT2D eigenvalue weighted by Gasteiger charge is 2.55. The van der Waals surface area contributed by atoms with Crippen LogP contribution in [0.5, 0.6) is 5.75 Å². The number of aliphatic hydroxyl groups is 1. The number of piperazine rings is 1. The summed E-state index contributed by atoms with van der Waals surface area (Å²) in [6.07, 6.45) is 8.11. The van der Waals surface area contributed by atoms with Crippen LogP contribution in [0.2, 0.25) is 0 Å². The van der Waals surface area contributed by atoms with Crippen molar-refractivity contribution in [2.75, 3.05) is 26.7 Å². The van der Waals surface area contributed by atoms with Crippen molar-refractivity contribution in [3.05, 3.63) is 76.9 Å². The van der Waals surface area contributed by atoms with E-state index in [1.54, 1.807) is 30.2 Å². The number of nitrogens with one attached hydrogen (secondary N) is 1. The molecule has 3 N–H and O–H groups in total. The van der Waals surface area contributed by atoms with Gasteiger partial charge in [-0.25, -0.2) is 4.79 Å². The van der Waals surface area contributed by atoms with E-state index in [4.69, 9.17) is 4.74 Å². The Morgan fingerprint density at radius 1 is 1.07 bits per heavy atom. The average molecular weight is 590 g/mol. The number of aliphatic hydroxyl groups excluding tert-OH is 1. The largest absolute Gasteiger partial charge is 0.496 e. The predicted molar refractivity (Wildman–Crippen MR) is 163 cm³/mol. The number of likely N-dealkylation sites (tertiary alicyclic amines) is 1. The van der Waals surface area contributed by atoms with Gasteiger partial charge in [0.2, 0.25) is 11.8 Å². The minimum absolute atomic E-state index is 0.0379. The van der Waals surface area contributed by atoms with Crippen LogP contribution in [0.1, 0.15) is 72.5 Å². The van der Waals surface area contributed by atoms with Gasteiger partial charge >= 0.3 is 5.97 Å². The monoisotopic (exact) mass is 589 g/mol. The lowest BCUT2D eigenvalue weighted by atomic mass is 9.79. The van der Waals surface area contributed by atoms with Crippen molar-refractivity contribution < 1.29 is 29.3 Å². The number of nitrogens with zero attached hydrogens (tertiary/aromatic N) is 2. The van der Waals surface area contributed by atoms with E-state index in [1.807, 2.05) is 12.2 Å². The number of benzene rings is 2. The number of hydrogen-bond acceptors (Lipinski definition) is 6. The Kier molecular flexibility index (Phi) is 9.52. The van der Waals surface area contributed by atoms with E-state index in [1.165, 1.54) is 0 Å². The average Bonchev–Trinajstić information content (AvgIpc) is 3.56. The molecule has 2 aromatic carbocycles. The van der Waals surface area contributed by atoms with Gasteiger partial charge in [0.15, 0.2) is 0 Å². The number of carbonyl (C=O) groups excluding carboxylic acids is 2. The first kappa shape index (κ1) is 30.8. The zero-order valence-corrected chi connectivity index (χ0v) is 25.1. The summed E-state index contributed by atoms with van der Waals surface area (Å²) in [6.45, 7) is 4.74. The first-order valence-electron chi connectivity index (χ1n) is 15.4. The number of rotatable bonds is 11. The first-order valence-corrected chi connectivity index (χ1v) is 15.4. The molecule has 9 heteroatoms. The summed E-state index contributed by atoms with van der Waals surface area (Å²) >= 11 is 0. The molecule has 2 aromatic rings. The SMILES string of the molecule is CCCCN1C(=O)[C@@H]([C@H](O)C2CC=CC2)NC(=O)C12CCN(Cc1ccc(Cc3ccc(C(=O)O)cc3OC)cc1)CC2. The van der Waals surface area contributed by atoms with E-state index in [0.717, 1.165) is 48.9 Å². The molecule has 0 aromatic heterocycles. The van der Waals surface area contributed by atoms with Gasteiger partial charge in [0.1, 0.15) is 17.3 Å². The molecule has 2 saturated heterocycles. The smallest absolute Gasteiger partial charge is 0.335 e. The lowest BCUT2D eigenvalue weighted by Gasteiger charge is -2.52. The van der Waals surface area contributed by atoms with Crippen molar-refractivity contribution in [3.8, 4) is 5.75 Å². The molecule has 3 aliphatic rings. The first-order chi connectivity index (χ1) is 20.8. The zero-order chi connectivity index (χ0) is 30.6. The normalized spacial score (nSPS) is 21.3. The van der Waals surface area contributed by atoms with Gasteiger partial charge in [-0.2, -0.15) is 0 Å². The summed E-state index contributed by atoms with van der Waals surface area (Å²) in [5.74, 6) is -0.744. The van der Waals surface area contributed by atoms with Gasteiger partial charge in [0.05, 0.1) is 18.8 Å². The molecular weight excluding hydrogens is 546 g/mol. The van der Waals surface area contributed by atoms with Gasteiger partial charge in [0, 0.05) is 32.6 Å². The second kappa shape index (κ2) is 13.3. The Morgan fingerprint density at radius 3 is 2.37 bits per heavy atom. The fourth-order valence-corrected chi connectivity index (χ4v) is 6.74. The Hall–Kier alpha value is -3.69. The quantitative estimate of drug-likeness (QED) is 0.342. The van der Waals surface area contributed by atoms with E-state index in [9.17, 15) is 24.6 Å². The highest BCUT2D eigenvalue weighted by Crippen LogP contribution is 2.36. The molecule has 0 radical (unpaired) electrons. The molecule has 230 valence electrons. The third kappa shape index (κ3) is 6.48. The molecule has 9 nitrogen and oxygen atoms in total.